The van der Waals surface area contributed by atoms with Gasteiger partial charge in [0.1, 0.15) is 11.6 Å². The number of likely N-dealkylation sites (tertiary alicyclic amines) is 1. The second-order valence-electron chi connectivity index (χ2n) is 8.22. The molecule has 1 fully saturated rings. The fourth-order valence-electron chi connectivity index (χ4n) is 4.06. The molecule has 1 N–H and O–H groups in total. The first kappa shape index (κ1) is 26.0. The predicted octanol–water partition coefficient (Wildman–Crippen LogP) is 4.07. The Hall–Kier alpha value is -2.66. The quantitative estimate of drug-likeness (QED) is 0.552. The number of halogens is 4. The Morgan fingerprint density at radius 2 is 1.94 bits per heavy atom. The van der Waals surface area contributed by atoms with E-state index in [9.17, 15) is 30.8 Å². The molecule has 1 aliphatic heterocycles. The Labute approximate surface area is 196 Å². The first-order valence-electron chi connectivity index (χ1n) is 10.8. The summed E-state index contributed by atoms with van der Waals surface area (Å²) >= 11 is 0. The Balaban J connectivity index is 1.72. The number of piperidine rings is 1. The Morgan fingerprint density at radius 3 is 2.65 bits per heavy atom. The van der Waals surface area contributed by atoms with Crippen LogP contribution in [-0.2, 0) is 14.8 Å². The van der Waals surface area contributed by atoms with Gasteiger partial charge in [0, 0.05) is 35.8 Å². The van der Waals surface area contributed by atoms with Gasteiger partial charge in [-0.3, -0.25) is 4.79 Å². The lowest BCUT2D eigenvalue weighted by Gasteiger charge is -2.39. The number of sulfonamides is 1. The molecule has 2 aromatic rings. The lowest BCUT2D eigenvalue weighted by atomic mass is 9.98. The molecule has 186 valence electrons. The number of carbonyl (C=O) groups excluding carboxylic acids is 1. The highest BCUT2D eigenvalue weighted by Gasteiger charge is 2.33. The molecule has 0 bridgehead atoms. The Morgan fingerprint density at radius 1 is 1.21 bits per heavy atom. The molecule has 0 aromatic heterocycles. The van der Waals surface area contributed by atoms with E-state index in [0.29, 0.717) is 31.0 Å². The van der Waals surface area contributed by atoms with E-state index in [-0.39, 0.29) is 35.8 Å². The van der Waals surface area contributed by atoms with Crippen molar-refractivity contribution < 1.29 is 35.5 Å². The summed E-state index contributed by atoms with van der Waals surface area (Å²) in [5.41, 5.74) is 0.144. The minimum atomic E-state index is -4.08. The molecule has 0 saturated carbocycles. The molecular formula is C23H26F4N2O4S. The molecule has 0 radical (unpaired) electrons. The number of hydrogen-bond acceptors (Lipinski definition) is 4. The lowest BCUT2D eigenvalue weighted by molar-refractivity contribution is -0.135. The lowest BCUT2D eigenvalue weighted by Crippen LogP contribution is -2.55. The summed E-state index contributed by atoms with van der Waals surface area (Å²) in [6, 6.07) is 3.32. The van der Waals surface area contributed by atoms with Crippen molar-refractivity contribution >= 4 is 15.9 Å². The van der Waals surface area contributed by atoms with Gasteiger partial charge in [-0.2, -0.15) is 0 Å². The van der Waals surface area contributed by atoms with Crippen molar-refractivity contribution in [2.75, 3.05) is 19.2 Å². The molecule has 3 rings (SSSR count). The van der Waals surface area contributed by atoms with Gasteiger partial charge in [0.05, 0.1) is 13.0 Å². The van der Waals surface area contributed by atoms with E-state index in [1.165, 1.54) is 24.0 Å². The molecular weight excluding hydrogens is 476 g/mol. The van der Waals surface area contributed by atoms with Crippen LogP contribution in [0.5, 0.6) is 5.75 Å². The third-order valence-corrected chi connectivity index (χ3v) is 6.78. The number of amides is 1. The third-order valence-electron chi connectivity index (χ3n) is 5.84. The summed E-state index contributed by atoms with van der Waals surface area (Å²) < 4.78 is 86.6. The van der Waals surface area contributed by atoms with Gasteiger partial charge in [-0.1, -0.05) is 18.2 Å². The van der Waals surface area contributed by atoms with Gasteiger partial charge in [-0.05, 0) is 38.3 Å². The summed E-state index contributed by atoms with van der Waals surface area (Å²) in [5, 5.41) is 0. The number of nitrogens with one attached hydrogen (secondary N) is 1. The Kier molecular flexibility index (Phi) is 8.19. The number of ether oxygens (including phenoxy) is 1. The van der Waals surface area contributed by atoms with Crippen molar-refractivity contribution in [2.24, 2.45) is 0 Å². The third kappa shape index (κ3) is 5.87. The zero-order valence-electron chi connectivity index (χ0n) is 18.8. The van der Waals surface area contributed by atoms with Crippen LogP contribution in [0.2, 0.25) is 0 Å². The highest BCUT2D eigenvalue weighted by molar-refractivity contribution is 7.89. The minimum absolute atomic E-state index is 0.0348. The van der Waals surface area contributed by atoms with Crippen molar-refractivity contribution in [1.29, 1.82) is 0 Å². The molecule has 1 amide bonds. The van der Waals surface area contributed by atoms with Gasteiger partial charge in [0.25, 0.3) is 0 Å². The maximum Gasteiger partial charge on any atom is 0.241 e. The topological polar surface area (TPSA) is 75.7 Å². The van der Waals surface area contributed by atoms with Gasteiger partial charge in [0.15, 0.2) is 11.6 Å². The first-order valence-corrected chi connectivity index (χ1v) is 12.4. The van der Waals surface area contributed by atoms with Gasteiger partial charge >= 0.3 is 0 Å². The van der Waals surface area contributed by atoms with Gasteiger partial charge in [-0.25, -0.2) is 30.7 Å². The smallest absolute Gasteiger partial charge is 0.241 e. The van der Waals surface area contributed by atoms with E-state index in [1.54, 1.807) is 13.0 Å². The van der Waals surface area contributed by atoms with Gasteiger partial charge < -0.3 is 9.64 Å². The van der Waals surface area contributed by atoms with Crippen LogP contribution < -0.4 is 9.46 Å². The summed E-state index contributed by atoms with van der Waals surface area (Å²) in [4.78, 5) is 14.2. The molecule has 1 aliphatic rings. The van der Waals surface area contributed by atoms with Crippen molar-refractivity contribution in [3.8, 4) is 16.9 Å². The summed E-state index contributed by atoms with van der Waals surface area (Å²) in [6.45, 7) is 3.28. The average molecular weight is 503 g/mol. The molecule has 0 aliphatic carbocycles. The molecule has 11 heteroatoms. The van der Waals surface area contributed by atoms with Crippen LogP contribution in [0.4, 0.5) is 17.6 Å². The fourth-order valence-corrected chi connectivity index (χ4v) is 4.90. The van der Waals surface area contributed by atoms with Crippen LogP contribution in [0.15, 0.2) is 30.3 Å². The fraction of sp³-hybridized carbons (Fsp3) is 0.435. The highest BCUT2D eigenvalue weighted by Crippen LogP contribution is 2.36. The second kappa shape index (κ2) is 10.7. The van der Waals surface area contributed by atoms with E-state index >= 15 is 0 Å². The van der Waals surface area contributed by atoms with Crippen LogP contribution >= 0.6 is 0 Å². The van der Waals surface area contributed by atoms with E-state index in [0.717, 1.165) is 6.07 Å². The SMILES string of the molecule is Cc1cccc(-c2cc(F)cc(F)c2OCCC(=O)N2CCC[C@H](NS(=O)(=O)CF)[C@@H]2C)c1F. The Bertz CT molecular complexity index is 1160. The predicted molar refractivity (Wildman–Crippen MR) is 119 cm³/mol. The first-order chi connectivity index (χ1) is 16.0. The van der Waals surface area contributed by atoms with Crippen LogP contribution in [0.25, 0.3) is 11.1 Å². The number of aryl methyl sites for hydroxylation is 1. The normalized spacial score (nSPS) is 18.7. The maximum absolute atomic E-state index is 14.6. The largest absolute Gasteiger partial charge is 0.489 e. The maximum atomic E-state index is 14.6. The highest BCUT2D eigenvalue weighted by atomic mass is 32.2. The molecule has 0 unspecified atom stereocenters. The van der Waals surface area contributed by atoms with E-state index in [4.69, 9.17) is 4.74 Å². The minimum Gasteiger partial charge on any atom is -0.489 e. The number of alkyl halides is 1. The van der Waals surface area contributed by atoms with Crippen molar-refractivity contribution in [1.82, 2.24) is 9.62 Å². The summed E-state index contributed by atoms with van der Waals surface area (Å²) in [6.07, 6.45) is 0.784. The van der Waals surface area contributed by atoms with Gasteiger partial charge in [0.2, 0.25) is 21.9 Å². The van der Waals surface area contributed by atoms with Crippen LogP contribution in [0, 0.1) is 24.4 Å². The van der Waals surface area contributed by atoms with Crippen LogP contribution in [-0.4, -0.2) is 50.5 Å². The van der Waals surface area contributed by atoms with E-state index in [1.807, 2.05) is 0 Å². The summed E-state index contributed by atoms with van der Waals surface area (Å²) in [7, 11) is -4.08. The molecule has 2 atom stereocenters. The zero-order chi connectivity index (χ0) is 25.0. The number of hydrogen-bond donors (Lipinski definition) is 1. The van der Waals surface area contributed by atoms with Gasteiger partial charge in [-0.15, -0.1) is 0 Å². The number of rotatable bonds is 8. The van der Waals surface area contributed by atoms with Crippen LogP contribution in [0.3, 0.4) is 0 Å². The van der Waals surface area contributed by atoms with E-state index < -0.39 is 45.6 Å². The number of nitrogens with zero attached hydrogens (tertiary/aromatic N) is 1. The second-order valence-corrected chi connectivity index (χ2v) is 9.90. The molecule has 1 heterocycles. The molecule has 2 aromatic carbocycles. The van der Waals surface area contributed by atoms with E-state index in [2.05, 4.69) is 4.72 Å². The number of benzene rings is 2. The number of carbonyl (C=O) groups is 1. The van der Waals surface area contributed by atoms with Crippen LogP contribution in [0.1, 0.15) is 31.7 Å². The average Bonchev–Trinajstić information content (AvgIpc) is 2.78. The molecule has 0 spiro atoms. The molecule has 1 saturated heterocycles. The van der Waals surface area contributed by atoms with Crippen molar-refractivity contribution in [2.45, 2.75) is 45.2 Å². The standard InChI is InChI=1S/C23H26F4N2O4S/c1-14-5-3-6-17(22(14)27)18-11-16(25)12-19(26)23(18)33-10-8-21(30)29-9-4-7-20(15(29)2)28-34(31,32)13-24/h3,5-6,11-12,15,20,28H,4,7-10,13H2,1-2H3/t15-,20-/m0/s1. The molecule has 6 nitrogen and oxygen atoms in total. The van der Waals surface area contributed by atoms with Crippen molar-refractivity contribution in [3.63, 3.8) is 0 Å². The zero-order valence-corrected chi connectivity index (χ0v) is 19.6. The van der Waals surface area contributed by atoms with Crippen molar-refractivity contribution in [3.05, 3.63) is 53.3 Å². The summed E-state index contributed by atoms with van der Waals surface area (Å²) in [5.74, 6) is -3.32. The molecule has 34 heavy (non-hydrogen) atoms. The monoisotopic (exact) mass is 502 g/mol.